The maximum Gasteiger partial charge on any atom is 0.220 e. The van der Waals surface area contributed by atoms with Gasteiger partial charge in [0.15, 0.2) is 0 Å². The first-order valence-electron chi connectivity index (χ1n) is 6.66. The molecule has 0 bridgehead atoms. The van der Waals surface area contributed by atoms with E-state index in [9.17, 15) is 4.79 Å². The molecule has 100 valence electrons. The van der Waals surface area contributed by atoms with E-state index in [4.69, 9.17) is 4.74 Å². The summed E-state index contributed by atoms with van der Waals surface area (Å²) in [4.78, 5) is 13.7. The summed E-state index contributed by atoms with van der Waals surface area (Å²) in [6, 6.07) is 0. The van der Waals surface area contributed by atoms with Gasteiger partial charge in [-0.15, -0.1) is 0 Å². The predicted octanol–water partition coefficient (Wildman–Crippen LogP) is 1.26. The summed E-state index contributed by atoms with van der Waals surface area (Å²) in [6.07, 6.45) is 3.28. The number of rotatable bonds is 6. The molecule has 4 heteroatoms. The second kappa shape index (κ2) is 7.67. The van der Waals surface area contributed by atoms with E-state index in [2.05, 4.69) is 24.1 Å². The van der Waals surface area contributed by atoms with Gasteiger partial charge in [-0.3, -0.25) is 4.79 Å². The summed E-state index contributed by atoms with van der Waals surface area (Å²) in [6.45, 7) is 8.17. The molecule has 0 aromatic rings. The minimum Gasteiger partial charge on any atom is -0.377 e. The Morgan fingerprint density at radius 2 is 2.06 bits per heavy atom. The van der Waals surface area contributed by atoms with Crippen LogP contribution in [0.25, 0.3) is 0 Å². The first kappa shape index (κ1) is 14.5. The van der Waals surface area contributed by atoms with Gasteiger partial charge in [-0.1, -0.05) is 0 Å². The second-order valence-electron chi connectivity index (χ2n) is 5.08. The molecule has 17 heavy (non-hydrogen) atoms. The van der Waals surface area contributed by atoms with Crippen molar-refractivity contribution in [2.24, 2.45) is 5.92 Å². The number of ether oxygens (including phenoxy) is 1. The zero-order valence-corrected chi connectivity index (χ0v) is 11.4. The third kappa shape index (κ3) is 6.03. The van der Waals surface area contributed by atoms with Crippen molar-refractivity contribution in [3.05, 3.63) is 0 Å². The zero-order valence-electron chi connectivity index (χ0n) is 11.4. The molecule has 0 aliphatic carbocycles. The highest BCUT2D eigenvalue weighted by Gasteiger charge is 2.20. The Morgan fingerprint density at radius 1 is 1.41 bits per heavy atom. The SMILES string of the molecule is CNC(=O)CC1CCN(CCOC(C)C)CC1. The van der Waals surface area contributed by atoms with Crippen molar-refractivity contribution in [1.82, 2.24) is 10.2 Å². The molecule has 1 amide bonds. The molecule has 0 spiro atoms. The van der Waals surface area contributed by atoms with Gasteiger partial charge >= 0.3 is 0 Å². The molecule has 1 heterocycles. The van der Waals surface area contributed by atoms with Crippen molar-refractivity contribution in [2.45, 2.75) is 39.2 Å². The molecule has 1 saturated heterocycles. The number of nitrogens with zero attached hydrogens (tertiary/aromatic N) is 1. The normalized spacial score (nSPS) is 18.6. The van der Waals surface area contributed by atoms with Gasteiger partial charge < -0.3 is 15.0 Å². The molecule has 1 aliphatic heterocycles. The maximum absolute atomic E-state index is 11.3. The lowest BCUT2D eigenvalue weighted by Crippen LogP contribution is -2.37. The summed E-state index contributed by atoms with van der Waals surface area (Å²) in [5.41, 5.74) is 0. The van der Waals surface area contributed by atoms with Crippen LogP contribution in [0.15, 0.2) is 0 Å². The Kier molecular flexibility index (Phi) is 6.52. The Morgan fingerprint density at radius 3 is 2.59 bits per heavy atom. The maximum atomic E-state index is 11.3. The van der Waals surface area contributed by atoms with Gasteiger partial charge in [0.1, 0.15) is 0 Å². The molecule has 1 N–H and O–H groups in total. The second-order valence-corrected chi connectivity index (χ2v) is 5.08. The van der Waals surface area contributed by atoms with Gasteiger partial charge in [0.05, 0.1) is 12.7 Å². The lowest BCUT2D eigenvalue weighted by Gasteiger charge is -2.31. The van der Waals surface area contributed by atoms with Crippen LogP contribution in [0.3, 0.4) is 0 Å². The van der Waals surface area contributed by atoms with Crippen LogP contribution in [0.4, 0.5) is 0 Å². The molecule has 0 unspecified atom stereocenters. The van der Waals surface area contributed by atoms with Crippen LogP contribution in [-0.2, 0) is 9.53 Å². The summed E-state index contributed by atoms with van der Waals surface area (Å²) in [5, 5.41) is 2.70. The molecule has 0 radical (unpaired) electrons. The molecule has 0 atom stereocenters. The van der Waals surface area contributed by atoms with Crippen LogP contribution < -0.4 is 5.32 Å². The number of piperidine rings is 1. The number of nitrogens with one attached hydrogen (secondary N) is 1. The van der Waals surface area contributed by atoms with Crippen molar-refractivity contribution in [3.63, 3.8) is 0 Å². The van der Waals surface area contributed by atoms with E-state index < -0.39 is 0 Å². The number of hydrogen-bond donors (Lipinski definition) is 1. The first-order valence-corrected chi connectivity index (χ1v) is 6.66. The standard InChI is InChI=1S/C13H26N2O2/c1-11(2)17-9-8-15-6-4-12(5-7-15)10-13(16)14-3/h11-12H,4-10H2,1-3H3,(H,14,16). The fraction of sp³-hybridized carbons (Fsp3) is 0.923. The first-order chi connectivity index (χ1) is 8.11. The van der Waals surface area contributed by atoms with E-state index in [1.54, 1.807) is 7.05 Å². The van der Waals surface area contributed by atoms with Gasteiger partial charge in [-0.25, -0.2) is 0 Å². The summed E-state index contributed by atoms with van der Waals surface area (Å²) >= 11 is 0. The van der Waals surface area contributed by atoms with Crippen LogP contribution in [0.2, 0.25) is 0 Å². The zero-order chi connectivity index (χ0) is 12.7. The summed E-state index contributed by atoms with van der Waals surface area (Å²) in [7, 11) is 1.71. The molecule has 0 aromatic heterocycles. The van der Waals surface area contributed by atoms with E-state index in [0.29, 0.717) is 18.4 Å². The number of carbonyl (C=O) groups excluding carboxylic acids is 1. The molecular weight excluding hydrogens is 216 g/mol. The van der Waals surface area contributed by atoms with Crippen LogP contribution in [0.1, 0.15) is 33.1 Å². The molecule has 0 saturated carbocycles. The van der Waals surface area contributed by atoms with Gasteiger partial charge in [0.25, 0.3) is 0 Å². The van der Waals surface area contributed by atoms with E-state index in [1.807, 2.05) is 0 Å². The Hall–Kier alpha value is -0.610. The lowest BCUT2D eigenvalue weighted by atomic mass is 9.93. The summed E-state index contributed by atoms with van der Waals surface area (Å²) in [5.74, 6) is 0.740. The van der Waals surface area contributed by atoms with Gasteiger partial charge in [0.2, 0.25) is 5.91 Å². The van der Waals surface area contributed by atoms with E-state index in [0.717, 1.165) is 39.1 Å². The van der Waals surface area contributed by atoms with Crippen molar-refractivity contribution >= 4 is 5.91 Å². The molecule has 1 rings (SSSR count). The van der Waals surface area contributed by atoms with E-state index >= 15 is 0 Å². The average Bonchev–Trinajstić information content (AvgIpc) is 2.31. The highest BCUT2D eigenvalue weighted by Crippen LogP contribution is 2.20. The predicted molar refractivity (Wildman–Crippen MR) is 68.9 cm³/mol. The Labute approximate surface area is 105 Å². The largest absolute Gasteiger partial charge is 0.377 e. The lowest BCUT2D eigenvalue weighted by molar-refractivity contribution is -0.121. The number of hydrogen-bond acceptors (Lipinski definition) is 3. The number of carbonyl (C=O) groups is 1. The highest BCUT2D eigenvalue weighted by molar-refractivity contribution is 5.75. The average molecular weight is 242 g/mol. The van der Waals surface area contributed by atoms with E-state index in [1.165, 1.54) is 0 Å². The van der Waals surface area contributed by atoms with Crippen LogP contribution in [0.5, 0.6) is 0 Å². The van der Waals surface area contributed by atoms with Crippen molar-refractivity contribution in [2.75, 3.05) is 33.3 Å². The summed E-state index contributed by atoms with van der Waals surface area (Å²) < 4.78 is 5.55. The van der Waals surface area contributed by atoms with Gasteiger partial charge in [-0.05, 0) is 45.7 Å². The Balaban J connectivity index is 2.11. The van der Waals surface area contributed by atoms with E-state index in [-0.39, 0.29) is 5.91 Å². The fourth-order valence-electron chi connectivity index (χ4n) is 2.20. The highest BCUT2D eigenvalue weighted by atomic mass is 16.5. The van der Waals surface area contributed by atoms with Crippen molar-refractivity contribution < 1.29 is 9.53 Å². The topological polar surface area (TPSA) is 41.6 Å². The number of likely N-dealkylation sites (tertiary alicyclic amines) is 1. The molecule has 0 aromatic carbocycles. The van der Waals surface area contributed by atoms with Crippen LogP contribution in [-0.4, -0.2) is 50.2 Å². The minimum absolute atomic E-state index is 0.173. The Bertz CT molecular complexity index is 223. The molecule has 1 fully saturated rings. The molecule has 4 nitrogen and oxygen atoms in total. The smallest absolute Gasteiger partial charge is 0.220 e. The van der Waals surface area contributed by atoms with Crippen molar-refractivity contribution in [3.8, 4) is 0 Å². The quantitative estimate of drug-likeness (QED) is 0.762. The van der Waals surface area contributed by atoms with Crippen molar-refractivity contribution in [1.29, 1.82) is 0 Å². The molecule has 1 aliphatic rings. The van der Waals surface area contributed by atoms with Gasteiger partial charge in [0, 0.05) is 20.0 Å². The third-order valence-electron chi connectivity index (χ3n) is 3.32. The van der Waals surface area contributed by atoms with Crippen LogP contribution >= 0.6 is 0 Å². The fourth-order valence-corrected chi connectivity index (χ4v) is 2.20. The van der Waals surface area contributed by atoms with Gasteiger partial charge in [-0.2, -0.15) is 0 Å². The monoisotopic (exact) mass is 242 g/mol. The van der Waals surface area contributed by atoms with Crippen LogP contribution in [0, 0.1) is 5.92 Å². The molecular formula is C13H26N2O2. The third-order valence-corrected chi connectivity index (χ3v) is 3.32. The number of amides is 1. The minimum atomic E-state index is 0.173.